The number of nitrogens with one attached hydrogen (secondary N) is 2. The van der Waals surface area contributed by atoms with Gasteiger partial charge in [-0.25, -0.2) is 9.97 Å². The van der Waals surface area contributed by atoms with Crippen molar-refractivity contribution in [1.29, 1.82) is 0 Å². The molecule has 2 amide bonds. The highest BCUT2D eigenvalue weighted by Gasteiger charge is 2.13. The first-order chi connectivity index (χ1) is 14.0. The Balaban J connectivity index is 1.56. The van der Waals surface area contributed by atoms with Crippen LogP contribution in [0.3, 0.4) is 0 Å². The molecule has 0 fully saturated rings. The Hall–Kier alpha value is -3.81. The van der Waals surface area contributed by atoms with Crippen molar-refractivity contribution in [3.63, 3.8) is 0 Å². The third-order valence-corrected chi connectivity index (χ3v) is 4.18. The molecule has 148 valence electrons. The van der Waals surface area contributed by atoms with Gasteiger partial charge in [-0.05, 0) is 48.4 Å². The van der Waals surface area contributed by atoms with E-state index in [1.807, 2.05) is 24.3 Å². The average molecular weight is 390 g/mol. The summed E-state index contributed by atoms with van der Waals surface area (Å²) in [4.78, 5) is 37.7. The highest BCUT2D eigenvalue weighted by atomic mass is 16.2. The molecule has 2 aromatic heterocycles. The lowest BCUT2D eigenvalue weighted by Crippen LogP contribution is -2.29. The highest BCUT2D eigenvalue weighted by Crippen LogP contribution is 2.17. The average Bonchev–Trinajstić information content (AvgIpc) is 2.74. The molecule has 2 N–H and O–H groups in total. The van der Waals surface area contributed by atoms with Crippen LogP contribution in [0.25, 0.3) is 0 Å². The molecule has 3 aromatic rings. The molecule has 8 heteroatoms. The number of aromatic nitrogens is 3. The number of nitrogens with zero attached hydrogens (tertiary/aromatic N) is 4. The van der Waals surface area contributed by atoms with Gasteiger partial charge in [-0.15, -0.1) is 0 Å². The SMILES string of the molecule is CC(=O)Nc1ccc(Nc2cnc(C(=O)N(C)CCc3ccncc3)cn2)cc1. The van der Waals surface area contributed by atoms with E-state index >= 15 is 0 Å². The number of rotatable bonds is 7. The molecule has 3 rings (SSSR count). The number of anilines is 3. The number of carbonyl (C=O) groups excluding carboxylic acids is 2. The van der Waals surface area contributed by atoms with Crippen molar-refractivity contribution in [2.45, 2.75) is 13.3 Å². The largest absolute Gasteiger partial charge is 0.340 e. The first-order valence-corrected chi connectivity index (χ1v) is 9.12. The number of pyridine rings is 1. The molecule has 0 unspecified atom stereocenters. The molecule has 0 saturated carbocycles. The van der Waals surface area contributed by atoms with Crippen molar-refractivity contribution < 1.29 is 9.59 Å². The highest BCUT2D eigenvalue weighted by molar-refractivity contribution is 5.92. The summed E-state index contributed by atoms with van der Waals surface area (Å²) in [6, 6.07) is 11.1. The number of carbonyl (C=O) groups is 2. The lowest BCUT2D eigenvalue weighted by molar-refractivity contribution is -0.114. The quantitative estimate of drug-likeness (QED) is 0.643. The Labute approximate surface area is 169 Å². The molecule has 2 heterocycles. The number of benzene rings is 1. The van der Waals surface area contributed by atoms with E-state index in [1.165, 1.54) is 19.3 Å². The van der Waals surface area contributed by atoms with Crippen molar-refractivity contribution in [2.24, 2.45) is 0 Å². The summed E-state index contributed by atoms with van der Waals surface area (Å²) in [5.74, 6) is 0.216. The van der Waals surface area contributed by atoms with E-state index in [4.69, 9.17) is 0 Å². The molecule has 0 radical (unpaired) electrons. The fourth-order valence-corrected chi connectivity index (χ4v) is 2.63. The van der Waals surface area contributed by atoms with Crippen LogP contribution in [0.15, 0.2) is 61.2 Å². The van der Waals surface area contributed by atoms with Crippen molar-refractivity contribution in [1.82, 2.24) is 19.9 Å². The Morgan fingerprint density at radius 3 is 2.28 bits per heavy atom. The minimum atomic E-state index is -0.183. The van der Waals surface area contributed by atoms with Crippen LogP contribution in [0.2, 0.25) is 0 Å². The van der Waals surface area contributed by atoms with Crippen LogP contribution in [-0.2, 0) is 11.2 Å². The molecule has 1 aromatic carbocycles. The summed E-state index contributed by atoms with van der Waals surface area (Å²) in [5, 5.41) is 5.82. The molecule has 29 heavy (non-hydrogen) atoms. The third-order valence-electron chi connectivity index (χ3n) is 4.18. The maximum atomic E-state index is 12.5. The van der Waals surface area contributed by atoms with Gasteiger partial charge in [-0.1, -0.05) is 0 Å². The normalized spacial score (nSPS) is 10.3. The Kier molecular flexibility index (Phi) is 6.47. The first kappa shape index (κ1) is 19.9. The molecule has 0 atom stereocenters. The Morgan fingerprint density at radius 2 is 1.66 bits per heavy atom. The van der Waals surface area contributed by atoms with Crippen LogP contribution in [0.4, 0.5) is 17.2 Å². The summed E-state index contributed by atoms with van der Waals surface area (Å²) < 4.78 is 0. The predicted octanol–water partition coefficient (Wildman–Crippen LogP) is 2.89. The fraction of sp³-hybridized carbons (Fsp3) is 0.190. The van der Waals surface area contributed by atoms with Crippen LogP contribution >= 0.6 is 0 Å². The van der Waals surface area contributed by atoms with Crippen molar-refractivity contribution >= 4 is 29.0 Å². The van der Waals surface area contributed by atoms with Crippen LogP contribution < -0.4 is 10.6 Å². The topological polar surface area (TPSA) is 100 Å². The smallest absolute Gasteiger partial charge is 0.273 e. The molecule has 8 nitrogen and oxygen atoms in total. The van der Waals surface area contributed by atoms with E-state index < -0.39 is 0 Å². The summed E-state index contributed by atoms with van der Waals surface area (Å²) in [6.45, 7) is 2.03. The zero-order valence-electron chi connectivity index (χ0n) is 16.3. The van der Waals surface area contributed by atoms with E-state index in [2.05, 4.69) is 25.6 Å². The summed E-state index contributed by atoms with van der Waals surface area (Å²) in [6.07, 6.45) is 7.20. The zero-order chi connectivity index (χ0) is 20.6. The lowest BCUT2D eigenvalue weighted by Gasteiger charge is -2.16. The van der Waals surface area contributed by atoms with Gasteiger partial charge >= 0.3 is 0 Å². The maximum absolute atomic E-state index is 12.5. The second-order valence-corrected chi connectivity index (χ2v) is 6.50. The summed E-state index contributed by atoms with van der Waals surface area (Å²) >= 11 is 0. The molecule has 0 saturated heterocycles. The number of hydrogen-bond acceptors (Lipinski definition) is 6. The van der Waals surface area contributed by atoms with Gasteiger partial charge in [0.15, 0.2) is 0 Å². The van der Waals surface area contributed by atoms with Gasteiger partial charge in [0.05, 0.1) is 12.4 Å². The molecular formula is C21H22N6O2. The predicted molar refractivity (Wildman–Crippen MR) is 111 cm³/mol. The maximum Gasteiger partial charge on any atom is 0.273 e. The van der Waals surface area contributed by atoms with Crippen molar-refractivity contribution in [3.8, 4) is 0 Å². The lowest BCUT2D eigenvalue weighted by atomic mass is 10.2. The van der Waals surface area contributed by atoms with Gasteiger partial charge in [0, 0.05) is 44.3 Å². The van der Waals surface area contributed by atoms with Gasteiger partial charge in [-0.3, -0.25) is 14.6 Å². The van der Waals surface area contributed by atoms with Crippen molar-refractivity contribution in [3.05, 3.63) is 72.4 Å². The fourth-order valence-electron chi connectivity index (χ4n) is 2.63. The van der Waals surface area contributed by atoms with Crippen molar-refractivity contribution in [2.75, 3.05) is 24.2 Å². The number of amides is 2. The third kappa shape index (κ3) is 5.83. The Bertz CT molecular complexity index is 959. The van der Waals surface area contributed by atoms with Crippen LogP contribution in [-0.4, -0.2) is 45.3 Å². The van der Waals surface area contributed by atoms with Gasteiger partial charge in [0.2, 0.25) is 5.91 Å². The van der Waals surface area contributed by atoms with Gasteiger partial charge < -0.3 is 15.5 Å². The second kappa shape index (κ2) is 9.41. The van der Waals surface area contributed by atoms with Gasteiger partial charge in [-0.2, -0.15) is 0 Å². The van der Waals surface area contributed by atoms with Gasteiger partial charge in [0.1, 0.15) is 11.5 Å². The molecule has 0 bridgehead atoms. The minimum Gasteiger partial charge on any atom is -0.340 e. The monoisotopic (exact) mass is 390 g/mol. The van der Waals surface area contributed by atoms with E-state index in [1.54, 1.807) is 36.5 Å². The van der Waals surface area contributed by atoms with E-state index in [9.17, 15) is 9.59 Å². The summed E-state index contributed by atoms with van der Waals surface area (Å²) in [5.41, 5.74) is 2.91. The zero-order valence-corrected chi connectivity index (χ0v) is 16.3. The summed E-state index contributed by atoms with van der Waals surface area (Å²) in [7, 11) is 1.74. The number of hydrogen-bond donors (Lipinski definition) is 2. The second-order valence-electron chi connectivity index (χ2n) is 6.50. The molecule has 0 aliphatic rings. The van der Waals surface area contributed by atoms with Crippen LogP contribution in [0, 0.1) is 0 Å². The first-order valence-electron chi connectivity index (χ1n) is 9.12. The molecule has 0 aliphatic carbocycles. The van der Waals surface area contributed by atoms with Crippen LogP contribution in [0.1, 0.15) is 23.0 Å². The Morgan fingerprint density at radius 1 is 0.966 bits per heavy atom. The molecule has 0 aliphatic heterocycles. The van der Waals surface area contributed by atoms with Gasteiger partial charge in [0.25, 0.3) is 5.91 Å². The van der Waals surface area contributed by atoms with E-state index in [0.29, 0.717) is 18.1 Å². The van der Waals surface area contributed by atoms with E-state index in [-0.39, 0.29) is 17.5 Å². The number of likely N-dealkylation sites (N-methyl/N-ethyl adjacent to an activating group) is 1. The molecule has 0 spiro atoms. The van der Waals surface area contributed by atoms with E-state index in [0.717, 1.165) is 17.7 Å². The molecular weight excluding hydrogens is 368 g/mol. The standard InChI is InChI=1S/C21H22N6O2/c1-15(28)25-17-3-5-18(6-4-17)26-20-14-23-19(13-24-20)21(29)27(2)12-9-16-7-10-22-11-8-16/h3-8,10-11,13-14H,9,12H2,1-2H3,(H,24,26)(H,25,28). The van der Waals surface area contributed by atoms with Crippen LogP contribution in [0.5, 0.6) is 0 Å². The minimum absolute atomic E-state index is 0.123.